The zero-order valence-corrected chi connectivity index (χ0v) is 10.7. The van der Waals surface area contributed by atoms with Crippen molar-refractivity contribution in [2.45, 2.75) is 31.1 Å². The SMILES string of the molecule is COc1cccc(C2(C(=O)O)CCCC2)c1OC. The zero-order chi connectivity index (χ0) is 13.2. The van der Waals surface area contributed by atoms with Crippen LogP contribution in [-0.4, -0.2) is 25.3 Å². The molecule has 1 aromatic carbocycles. The van der Waals surface area contributed by atoms with Gasteiger partial charge in [0.25, 0.3) is 0 Å². The molecule has 0 amide bonds. The number of hydrogen-bond donors (Lipinski definition) is 1. The summed E-state index contributed by atoms with van der Waals surface area (Å²) in [6.45, 7) is 0. The Bertz CT molecular complexity index is 447. The van der Waals surface area contributed by atoms with Gasteiger partial charge < -0.3 is 14.6 Å². The highest BCUT2D eigenvalue weighted by Gasteiger charge is 2.45. The molecule has 0 aliphatic heterocycles. The van der Waals surface area contributed by atoms with Crippen molar-refractivity contribution in [3.63, 3.8) is 0 Å². The second kappa shape index (κ2) is 4.88. The van der Waals surface area contributed by atoms with Gasteiger partial charge in [0.15, 0.2) is 11.5 Å². The summed E-state index contributed by atoms with van der Waals surface area (Å²) in [5, 5.41) is 9.60. The first-order valence-corrected chi connectivity index (χ1v) is 6.10. The molecule has 4 nitrogen and oxygen atoms in total. The molecule has 1 saturated carbocycles. The van der Waals surface area contributed by atoms with Gasteiger partial charge in [-0.05, 0) is 18.9 Å². The molecule has 2 rings (SSSR count). The number of rotatable bonds is 4. The van der Waals surface area contributed by atoms with Crippen molar-refractivity contribution in [2.75, 3.05) is 14.2 Å². The van der Waals surface area contributed by atoms with Gasteiger partial charge in [-0.25, -0.2) is 0 Å². The van der Waals surface area contributed by atoms with E-state index in [2.05, 4.69) is 0 Å². The van der Waals surface area contributed by atoms with Crippen LogP contribution in [0.25, 0.3) is 0 Å². The van der Waals surface area contributed by atoms with E-state index in [9.17, 15) is 9.90 Å². The standard InChI is InChI=1S/C14H18O4/c1-17-11-7-5-6-10(12(11)18-2)14(13(15)16)8-3-4-9-14/h5-7H,3-4,8-9H2,1-2H3,(H,15,16). The monoisotopic (exact) mass is 250 g/mol. The molecule has 0 bridgehead atoms. The zero-order valence-electron chi connectivity index (χ0n) is 10.7. The molecule has 0 spiro atoms. The number of ether oxygens (including phenoxy) is 2. The Morgan fingerprint density at radius 2 is 1.89 bits per heavy atom. The van der Waals surface area contributed by atoms with E-state index in [1.54, 1.807) is 20.3 Å². The fourth-order valence-corrected chi connectivity index (χ4v) is 2.84. The summed E-state index contributed by atoms with van der Waals surface area (Å²) < 4.78 is 10.6. The number of para-hydroxylation sites is 1. The lowest BCUT2D eigenvalue weighted by Gasteiger charge is -2.27. The fourth-order valence-electron chi connectivity index (χ4n) is 2.84. The summed E-state index contributed by atoms with van der Waals surface area (Å²) >= 11 is 0. The number of carboxylic acids is 1. The number of methoxy groups -OCH3 is 2. The van der Waals surface area contributed by atoms with Gasteiger partial charge in [-0.2, -0.15) is 0 Å². The van der Waals surface area contributed by atoms with E-state index in [0.717, 1.165) is 18.4 Å². The van der Waals surface area contributed by atoms with Crippen molar-refractivity contribution in [3.05, 3.63) is 23.8 Å². The van der Waals surface area contributed by atoms with Gasteiger partial charge in [-0.3, -0.25) is 4.79 Å². The normalized spacial score (nSPS) is 17.4. The van der Waals surface area contributed by atoms with Crippen LogP contribution in [0.5, 0.6) is 11.5 Å². The third kappa shape index (κ3) is 1.82. The van der Waals surface area contributed by atoms with Gasteiger partial charge in [0.05, 0.1) is 19.6 Å². The lowest BCUT2D eigenvalue weighted by atomic mass is 9.78. The first kappa shape index (κ1) is 12.7. The maximum Gasteiger partial charge on any atom is 0.314 e. The number of hydrogen-bond acceptors (Lipinski definition) is 3. The van der Waals surface area contributed by atoms with Crippen LogP contribution in [0.3, 0.4) is 0 Å². The van der Waals surface area contributed by atoms with Crippen LogP contribution in [0, 0.1) is 0 Å². The third-order valence-electron chi connectivity index (χ3n) is 3.79. The van der Waals surface area contributed by atoms with Gasteiger partial charge in [0.1, 0.15) is 0 Å². The average Bonchev–Trinajstić information content (AvgIpc) is 2.88. The summed E-state index contributed by atoms with van der Waals surface area (Å²) in [7, 11) is 3.11. The van der Waals surface area contributed by atoms with Crippen molar-refractivity contribution < 1.29 is 19.4 Å². The largest absolute Gasteiger partial charge is 0.493 e. The lowest BCUT2D eigenvalue weighted by molar-refractivity contribution is -0.143. The van der Waals surface area contributed by atoms with Crippen LogP contribution in [0.1, 0.15) is 31.2 Å². The molecular weight excluding hydrogens is 232 g/mol. The van der Waals surface area contributed by atoms with Gasteiger partial charge in [0.2, 0.25) is 0 Å². The molecule has 1 aliphatic rings. The predicted octanol–water partition coefficient (Wildman–Crippen LogP) is 2.60. The molecule has 0 saturated heterocycles. The van der Waals surface area contributed by atoms with Crippen molar-refractivity contribution in [3.8, 4) is 11.5 Å². The second-order valence-corrected chi connectivity index (χ2v) is 4.64. The summed E-state index contributed by atoms with van der Waals surface area (Å²) in [5.41, 5.74) is -0.0887. The summed E-state index contributed by atoms with van der Waals surface area (Å²) in [4.78, 5) is 11.7. The summed E-state index contributed by atoms with van der Waals surface area (Å²) in [6, 6.07) is 5.44. The lowest BCUT2D eigenvalue weighted by Crippen LogP contribution is -2.33. The number of carboxylic acid groups (broad SMARTS) is 1. The Hall–Kier alpha value is -1.71. The van der Waals surface area contributed by atoms with E-state index < -0.39 is 11.4 Å². The van der Waals surface area contributed by atoms with Gasteiger partial charge in [-0.1, -0.05) is 25.0 Å². The van der Waals surface area contributed by atoms with Crippen LogP contribution >= 0.6 is 0 Å². The molecule has 98 valence electrons. The summed E-state index contributed by atoms with van der Waals surface area (Å²) in [6.07, 6.45) is 3.19. The topological polar surface area (TPSA) is 55.8 Å². The van der Waals surface area contributed by atoms with Crippen LogP contribution in [-0.2, 0) is 10.2 Å². The van der Waals surface area contributed by atoms with E-state index in [1.165, 1.54) is 0 Å². The first-order chi connectivity index (χ1) is 8.65. The van der Waals surface area contributed by atoms with E-state index in [4.69, 9.17) is 9.47 Å². The molecule has 4 heteroatoms. The summed E-state index contributed by atoms with van der Waals surface area (Å²) in [5.74, 6) is 0.360. The third-order valence-corrected chi connectivity index (χ3v) is 3.79. The highest BCUT2D eigenvalue weighted by atomic mass is 16.5. The van der Waals surface area contributed by atoms with Gasteiger partial charge in [-0.15, -0.1) is 0 Å². The quantitative estimate of drug-likeness (QED) is 0.892. The van der Waals surface area contributed by atoms with Crippen molar-refractivity contribution in [1.29, 1.82) is 0 Å². The molecule has 0 radical (unpaired) electrons. The predicted molar refractivity (Wildman–Crippen MR) is 67.3 cm³/mol. The highest BCUT2D eigenvalue weighted by Crippen LogP contribution is 2.47. The van der Waals surface area contributed by atoms with Crippen LogP contribution < -0.4 is 9.47 Å². The minimum atomic E-state index is -0.820. The highest BCUT2D eigenvalue weighted by molar-refractivity contribution is 5.83. The van der Waals surface area contributed by atoms with Crippen LogP contribution in [0.4, 0.5) is 0 Å². The smallest absolute Gasteiger partial charge is 0.314 e. The first-order valence-electron chi connectivity index (χ1n) is 6.10. The Morgan fingerprint density at radius 3 is 2.39 bits per heavy atom. The molecule has 0 heterocycles. The van der Waals surface area contributed by atoms with E-state index in [1.807, 2.05) is 12.1 Å². The molecule has 1 fully saturated rings. The van der Waals surface area contributed by atoms with E-state index in [-0.39, 0.29) is 0 Å². The molecule has 0 unspecified atom stereocenters. The average molecular weight is 250 g/mol. The van der Waals surface area contributed by atoms with E-state index >= 15 is 0 Å². The van der Waals surface area contributed by atoms with Crippen molar-refractivity contribution in [1.82, 2.24) is 0 Å². The Morgan fingerprint density at radius 1 is 1.22 bits per heavy atom. The number of aliphatic carboxylic acids is 1. The second-order valence-electron chi connectivity index (χ2n) is 4.64. The minimum Gasteiger partial charge on any atom is -0.493 e. The van der Waals surface area contributed by atoms with Gasteiger partial charge in [0, 0.05) is 5.56 Å². The molecule has 1 aliphatic carbocycles. The Labute approximate surface area is 107 Å². The fraction of sp³-hybridized carbons (Fsp3) is 0.500. The maximum atomic E-state index is 11.7. The molecule has 18 heavy (non-hydrogen) atoms. The molecule has 0 atom stereocenters. The molecular formula is C14H18O4. The van der Waals surface area contributed by atoms with Crippen LogP contribution in [0.15, 0.2) is 18.2 Å². The minimum absolute atomic E-state index is 0.546. The van der Waals surface area contributed by atoms with Gasteiger partial charge >= 0.3 is 5.97 Å². The maximum absolute atomic E-state index is 11.7. The van der Waals surface area contributed by atoms with E-state index in [0.29, 0.717) is 24.3 Å². The van der Waals surface area contributed by atoms with Crippen LogP contribution in [0.2, 0.25) is 0 Å². The Balaban J connectivity index is 2.58. The number of carbonyl (C=O) groups is 1. The van der Waals surface area contributed by atoms with Crippen molar-refractivity contribution in [2.24, 2.45) is 0 Å². The molecule has 1 N–H and O–H groups in total. The molecule has 1 aromatic rings. The molecule has 0 aromatic heterocycles. The number of benzene rings is 1. The van der Waals surface area contributed by atoms with Crippen molar-refractivity contribution >= 4 is 5.97 Å². The Kier molecular flexibility index (Phi) is 3.45.